The van der Waals surface area contributed by atoms with E-state index >= 15 is 0 Å². The molecule has 0 spiro atoms. The number of thioether (sulfide) groups is 1. The fourth-order valence-electron chi connectivity index (χ4n) is 5.42. The lowest BCUT2D eigenvalue weighted by Crippen LogP contribution is -2.29. The highest BCUT2D eigenvalue weighted by Gasteiger charge is 2.49. The van der Waals surface area contributed by atoms with Crippen molar-refractivity contribution in [3.8, 4) is 5.75 Å². The molecule has 1 unspecified atom stereocenters. The molecule has 5 aromatic rings. The van der Waals surface area contributed by atoms with Gasteiger partial charge in [0.2, 0.25) is 5.13 Å². The number of hydrogen-bond acceptors (Lipinski definition) is 9. The molecule has 2 aromatic carbocycles. The number of benzene rings is 2. The number of Topliss-reactive ketones (excluding diaryl/α,β-unsaturated/α-hetero) is 1. The summed E-state index contributed by atoms with van der Waals surface area (Å²) in [6, 6.07) is 17.8. The first-order valence-corrected chi connectivity index (χ1v) is 16.8. The van der Waals surface area contributed by atoms with E-state index in [2.05, 4.69) is 22.1 Å². The van der Waals surface area contributed by atoms with Crippen molar-refractivity contribution < 1.29 is 23.8 Å². The summed E-state index contributed by atoms with van der Waals surface area (Å²) < 4.78 is 21.5. The van der Waals surface area contributed by atoms with Gasteiger partial charge in [0.05, 0.1) is 23.9 Å². The van der Waals surface area contributed by atoms with Crippen molar-refractivity contribution in [2.24, 2.45) is 0 Å². The number of anilines is 1. The zero-order valence-corrected chi connectivity index (χ0v) is 27.0. The number of aliphatic hydroxyl groups is 1. The highest BCUT2D eigenvalue weighted by atomic mass is 32.2. The second-order valence-electron chi connectivity index (χ2n) is 10.9. The number of nitrogens with zero attached hydrogens (tertiary/aromatic N) is 5. The van der Waals surface area contributed by atoms with Crippen LogP contribution in [0.4, 0.5) is 9.52 Å². The molecule has 12 heteroatoms. The van der Waals surface area contributed by atoms with Crippen LogP contribution in [0.3, 0.4) is 0 Å². The Morgan fingerprint density at radius 3 is 2.57 bits per heavy atom. The molecule has 0 radical (unpaired) electrons. The quantitative estimate of drug-likeness (QED) is 0.0367. The van der Waals surface area contributed by atoms with Crippen LogP contribution in [0.2, 0.25) is 0 Å². The number of fused-ring (bicyclic) bond motifs is 1. The second-order valence-corrected chi connectivity index (χ2v) is 13.1. The lowest BCUT2D eigenvalue weighted by molar-refractivity contribution is -0.132. The predicted molar refractivity (Wildman–Crippen MR) is 177 cm³/mol. The molecule has 1 N–H and O–H groups in total. The summed E-state index contributed by atoms with van der Waals surface area (Å²) in [7, 11) is 0. The van der Waals surface area contributed by atoms with Crippen LogP contribution >= 0.6 is 23.1 Å². The molecular formula is C34H32FN5O4S2. The number of unbranched alkanes of at least 4 members (excludes halogenated alkanes) is 3. The molecule has 46 heavy (non-hydrogen) atoms. The summed E-state index contributed by atoms with van der Waals surface area (Å²) in [5.41, 5.74) is 2.87. The van der Waals surface area contributed by atoms with Crippen molar-refractivity contribution in [3.63, 3.8) is 0 Å². The number of aryl methyl sites for hydroxylation is 1. The molecule has 1 fully saturated rings. The van der Waals surface area contributed by atoms with E-state index in [1.165, 1.54) is 40.1 Å². The van der Waals surface area contributed by atoms with Crippen molar-refractivity contribution >= 4 is 51.3 Å². The number of imidazole rings is 1. The molecular weight excluding hydrogens is 626 g/mol. The molecule has 1 aliphatic heterocycles. The van der Waals surface area contributed by atoms with E-state index in [9.17, 15) is 19.1 Å². The first kappa shape index (κ1) is 31.4. The smallest absolute Gasteiger partial charge is 0.301 e. The number of hydrogen-bond donors (Lipinski definition) is 1. The number of ketones is 1. The van der Waals surface area contributed by atoms with Gasteiger partial charge in [-0.3, -0.25) is 18.9 Å². The van der Waals surface area contributed by atoms with Crippen molar-refractivity contribution in [1.82, 2.24) is 19.6 Å². The normalized spacial score (nSPS) is 16.1. The SMILES string of the molecule is CCCCCCOc1ccc(C2C(=C(O)c3c(C)nc4ccccn34)C(=O)C(=O)N2c2nnc(SCc3ccc(F)cc3)s2)cc1. The fourth-order valence-corrected chi connectivity index (χ4v) is 7.24. The summed E-state index contributed by atoms with van der Waals surface area (Å²) >= 11 is 2.56. The van der Waals surface area contributed by atoms with Crippen molar-refractivity contribution in [3.05, 3.63) is 107 Å². The van der Waals surface area contributed by atoms with E-state index < -0.39 is 17.7 Å². The largest absolute Gasteiger partial charge is 0.505 e. The van der Waals surface area contributed by atoms with Crippen LogP contribution < -0.4 is 9.64 Å². The highest BCUT2D eigenvalue weighted by molar-refractivity contribution is 8.00. The summed E-state index contributed by atoms with van der Waals surface area (Å²) in [6.07, 6.45) is 6.09. The van der Waals surface area contributed by atoms with Crippen LogP contribution in [0.15, 0.2) is 82.8 Å². The van der Waals surface area contributed by atoms with E-state index in [0.717, 1.165) is 31.2 Å². The molecule has 236 valence electrons. The number of aliphatic hydroxyl groups excluding tert-OH is 1. The Bertz CT molecular complexity index is 1900. The minimum atomic E-state index is -0.977. The maximum atomic E-state index is 13.8. The van der Waals surface area contributed by atoms with E-state index in [0.29, 0.717) is 45.0 Å². The van der Waals surface area contributed by atoms with Gasteiger partial charge in [-0.2, -0.15) is 0 Å². The Morgan fingerprint density at radius 2 is 1.80 bits per heavy atom. The molecule has 9 nitrogen and oxygen atoms in total. The minimum Gasteiger partial charge on any atom is -0.505 e. The maximum Gasteiger partial charge on any atom is 0.301 e. The van der Waals surface area contributed by atoms with Gasteiger partial charge in [0.25, 0.3) is 5.78 Å². The molecule has 6 rings (SSSR count). The van der Waals surface area contributed by atoms with Crippen LogP contribution in [-0.2, 0) is 15.3 Å². The Labute approximate surface area is 273 Å². The summed E-state index contributed by atoms with van der Waals surface area (Å²) in [5.74, 6) is -1.10. The zero-order valence-electron chi connectivity index (χ0n) is 25.4. The molecule has 3 aromatic heterocycles. The number of pyridine rings is 1. The molecule has 1 aliphatic rings. The second kappa shape index (κ2) is 13.8. The molecule has 1 saturated heterocycles. The summed E-state index contributed by atoms with van der Waals surface area (Å²) in [6.45, 7) is 4.50. The first-order valence-electron chi connectivity index (χ1n) is 15.0. The minimum absolute atomic E-state index is 0.0669. The van der Waals surface area contributed by atoms with Crippen molar-refractivity contribution in [2.45, 2.75) is 55.7 Å². The van der Waals surface area contributed by atoms with Crippen LogP contribution in [-0.4, -0.2) is 43.0 Å². The molecule has 0 bridgehead atoms. The Kier molecular flexibility index (Phi) is 9.46. The highest BCUT2D eigenvalue weighted by Crippen LogP contribution is 2.44. The fraction of sp³-hybridized carbons (Fsp3) is 0.265. The van der Waals surface area contributed by atoms with Gasteiger partial charge in [0.1, 0.15) is 22.9 Å². The maximum absolute atomic E-state index is 13.8. The predicted octanol–water partition coefficient (Wildman–Crippen LogP) is 7.51. The number of carbonyl (C=O) groups excluding carboxylic acids is 2. The van der Waals surface area contributed by atoms with Crippen molar-refractivity contribution in [2.75, 3.05) is 11.5 Å². The molecule has 0 aliphatic carbocycles. The van der Waals surface area contributed by atoms with Gasteiger partial charge < -0.3 is 9.84 Å². The molecule has 1 amide bonds. The third-order valence-corrected chi connectivity index (χ3v) is 9.84. The van der Waals surface area contributed by atoms with Gasteiger partial charge in [-0.15, -0.1) is 10.2 Å². The van der Waals surface area contributed by atoms with Crippen molar-refractivity contribution in [1.29, 1.82) is 0 Å². The van der Waals surface area contributed by atoms with Crippen LogP contribution in [0.5, 0.6) is 5.75 Å². The number of rotatable bonds is 12. The molecule has 4 heterocycles. The summed E-state index contributed by atoms with van der Waals surface area (Å²) in [4.78, 5) is 33.3. The van der Waals surface area contributed by atoms with E-state index in [1.807, 2.05) is 6.07 Å². The Balaban J connectivity index is 1.36. The number of carbonyl (C=O) groups is 2. The van der Waals surface area contributed by atoms with E-state index in [1.54, 1.807) is 66.1 Å². The Morgan fingerprint density at radius 1 is 1.02 bits per heavy atom. The van der Waals surface area contributed by atoms with Gasteiger partial charge in [-0.05, 0) is 60.9 Å². The Hall–Kier alpha value is -4.55. The molecule has 1 atom stereocenters. The lowest BCUT2D eigenvalue weighted by Gasteiger charge is -2.22. The van der Waals surface area contributed by atoms with Gasteiger partial charge in [-0.1, -0.05) is 79.6 Å². The number of aromatic nitrogens is 4. The average Bonchev–Trinajstić information content (AvgIpc) is 3.74. The van der Waals surface area contributed by atoms with Crippen LogP contribution in [0.1, 0.15) is 61.2 Å². The molecule has 0 saturated carbocycles. The monoisotopic (exact) mass is 657 g/mol. The standard InChI is InChI=1S/C34H32FN5O4S2/c1-3-4-5-8-19-44-25-16-12-23(13-17-25)29-27(30(41)28-21(2)36-26-9-6-7-18-39(26)28)31(42)32(43)40(29)33-37-38-34(46-33)45-20-22-10-14-24(35)15-11-22/h6-7,9-18,29,41H,3-5,8,19-20H2,1-2H3. The number of halogens is 1. The summed E-state index contributed by atoms with van der Waals surface area (Å²) in [5, 5.41) is 20.6. The lowest BCUT2D eigenvalue weighted by atomic mass is 9.96. The number of ether oxygens (including phenoxy) is 1. The average molecular weight is 658 g/mol. The number of amides is 1. The van der Waals surface area contributed by atoms with Gasteiger partial charge >= 0.3 is 5.91 Å². The van der Waals surface area contributed by atoms with Gasteiger partial charge in [0, 0.05) is 11.9 Å². The van der Waals surface area contributed by atoms with Gasteiger partial charge in [0.15, 0.2) is 10.1 Å². The zero-order chi connectivity index (χ0) is 32.2. The third kappa shape index (κ3) is 6.40. The van der Waals surface area contributed by atoms with Gasteiger partial charge in [-0.25, -0.2) is 9.37 Å². The van der Waals surface area contributed by atoms with E-state index in [4.69, 9.17) is 4.74 Å². The van der Waals surface area contributed by atoms with Crippen LogP contribution in [0, 0.1) is 12.7 Å². The third-order valence-electron chi connectivity index (χ3n) is 7.71. The van der Waals surface area contributed by atoms with Crippen LogP contribution in [0.25, 0.3) is 11.4 Å². The van der Waals surface area contributed by atoms with E-state index in [-0.39, 0.29) is 22.3 Å². The first-order chi connectivity index (χ1) is 22.4. The topological polar surface area (TPSA) is 110 Å².